The zero-order valence-electron chi connectivity index (χ0n) is 6.44. The first kappa shape index (κ1) is 9.43. The first-order chi connectivity index (χ1) is 4.81. The van der Waals surface area contributed by atoms with E-state index in [9.17, 15) is 4.79 Å². The Bertz CT molecular complexity index is 93.6. The van der Waals surface area contributed by atoms with Crippen molar-refractivity contribution in [1.82, 2.24) is 11.1 Å². The SMILES string of the molecule is CNC(=O)CCCCC[NH]. The maximum Gasteiger partial charge on any atom is 0.219 e. The lowest BCUT2D eigenvalue weighted by atomic mass is 10.2. The highest BCUT2D eigenvalue weighted by atomic mass is 16.1. The Kier molecular flexibility index (Phi) is 6.18. The molecule has 0 fully saturated rings. The summed E-state index contributed by atoms with van der Waals surface area (Å²) in [5.74, 6) is 0.102. The topological polar surface area (TPSA) is 52.9 Å². The molecule has 3 nitrogen and oxygen atoms in total. The fraction of sp³-hybridized carbons (Fsp3) is 0.857. The van der Waals surface area contributed by atoms with Crippen molar-refractivity contribution >= 4 is 5.91 Å². The Labute approximate surface area is 62.0 Å². The molecular weight excluding hydrogens is 128 g/mol. The van der Waals surface area contributed by atoms with Gasteiger partial charge in [0.2, 0.25) is 5.91 Å². The smallest absolute Gasteiger partial charge is 0.219 e. The van der Waals surface area contributed by atoms with Crippen molar-refractivity contribution in [2.45, 2.75) is 25.7 Å². The molecule has 0 bridgehead atoms. The van der Waals surface area contributed by atoms with Gasteiger partial charge in [-0.2, -0.15) is 0 Å². The highest BCUT2D eigenvalue weighted by molar-refractivity contribution is 5.75. The number of carbonyl (C=O) groups excluding carboxylic acids is 1. The Morgan fingerprint density at radius 2 is 2.10 bits per heavy atom. The van der Waals surface area contributed by atoms with Crippen molar-refractivity contribution in [2.24, 2.45) is 0 Å². The van der Waals surface area contributed by atoms with Crippen molar-refractivity contribution in [1.29, 1.82) is 0 Å². The van der Waals surface area contributed by atoms with Gasteiger partial charge in [0.25, 0.3) is 0 Å². The average Bonchev–Trinajstić information content (AvgIpc) is 1.98. The molecule has 0 aromatic rings. The second-order valence-corrected chi connectivity index (χ2v) is 2.23. The van der Waals surface area contributed by atoms with Crippen LogP contribution in [0.1, 0.15) is 25.7 Å². The minimum absolute atomic E-state index is 0.102. The first-order valence-electron chi connectivity index (χ1n) is 3.66. The highest BCUT2D eigenvalue weighted by Crippen LogP contribution is 1.97. The van der Waals surface area contributed by atoms with Gasteiger partial charge in [-0.05, 0) is 12.8 Å². The van der Waals surface area contributed by atoms with Crippen molar-refractivity contribution < 1.29 is 4.79 Å². The van der Waals surface area contributed by atoms with Crippen LogP contribution in [0.4, 0.5) is 0 Å². The molecule has 0 saturated heterocycles. The van der Waals surface area contributed by atoms with Crippen LogP contribution < -0.4 is 11.1 Å². The molecule has 0 aliphatic rings. The van der Waals surface area contributed by atoms with E-state index in [0.29, 0.717) is 13.0 Å². The minimum atomic E-state index is 0.102. The molecule has 1 amide bonds. The van der Waals surface area contributed by atoms with E-state index in [1.165, 1.54) is 0 Å². The van der Waals surface area contributed by atoms with Crippen LogP contribution >= 0.6 is 0 Å². The van der Waals surface area contributed by atoms with E-state index >= 15 is 0 Å². The third-order valence-corrected chi connectivity index (χ3v) is 1.36. The standard InChI is InChI=1S/C7H15N2O/c1-9-7(10)5-3-2-4-6-8/h8H,2-6H2,1H3,(H,9,10). The zero-order chi connectivity index (χ0) is 7.82. The van der Waals surface area contributed by atoms with E-state index in [4.69, 9.17) is 5.73 Å². The summed E-state index contributed by atoms with van der Waals surface area (Å²) in [7, 11) is 1.65. The number of amides is 1. The normalized spacial score (nSPS) is 9.40. The average molecular weight is 143 g/mol. The number of nitrogens with one attached hydrogen (secondary N) is 2. The second kappa shape index (κ2) is 6.55. The predicted molar refractivity (Wildman–Crippen MR) is 40.5 cm³/mol. The minimum Gasteiger partial charge on any atom is -0.359 e. The van der Waals surface area contributed by atoms with Crippen LogP contribution in [-0.2, 0) is 4.79 Å². The maximum atomic E-state index is 10.6. The summed E-state index contributed by atoms with van der Waals surface area (Å²) in [6, 6.07) is 0. The summed E-state index contributed by atoms with van der Waals surface area (Å²) in [4.78, 5) is 10.6. The van der Waals surface area contributed by atoms with Crippen LogP contribution in [0.15, 0.2) is 0 Å². The summed E-state index contributed by atoms with van der Waals surface area (Å²) in [6.45, 7) is 0.480. The summed E-state index contributed by atoms with van der Waals surface area (Å²) in [5, 5.41) is 2.56. The van der Waals surface area contributed by atoms with Crippen molar-refractivity contribution in [3.63, 3.8) is 0 Å². The predicted octanol–water partition coefficient (Wildman–Crippen LogP) is 0.576. The molecule has 59 valence electrons. The molecule has 0 aliphatic heterocycles. The van der Waals surface area contributed by atoms with Gasteiger partial charge in [0.05, 0.1) is 0 Å². The second-order valence-electron chi connectivity index (χ2n) is 2.23. The summed E-state index contributed by atoms with van der Waals surface area (Å²) >= 11 is 0. The quantitative estimate of drug-likeness (QED) is 0.562. The van der Waals surface area contributed by atoms with Crippen LogP contribution in [0.5, 0.6) is 0 Å². The van der Waals surface area contributed by atoms with Gasteiger partial charge >= 0.3 is 0 Å². The van der Waals surface area contributed by atoms with E-state index in [0.717, 1.165) is 19.3 Å². The Morgan fingerprint density at radius 1 is 1.40 bits per heavy atom. The van der Waals surface area contributed by atoms with Gasteiger partial charge in [-0.25, -0.2) is 0 Å². The fourth-order valence-corrected chi connectivity index (χ4v) is 0.712. The molecule has 0 aromatic heterocycles. The fourth-order valence-electron chi connectivity index (χ4n) is 0.712. The Balaban J connectivity index is 2.96. The van der Waals surface area contributed by atoms with Crippen LogP contribution in [0.3, 0.4) is 0 Å². The van der Waals surface area contributed by atoms with Crippen molar-refractivity contribution in [3.8, 4) is 0 Å². The van der Waals surface area contributed by atoms with Crippen LogP contribution in [0.25, 0.3) is 0 Å². The van der Waals surface area contributed by atoms with Gasteiger partial charge in [-0.1, -0.05) is 6.42 Å². The summed E-state index contributed by atoms with van der Waals surface area (Å²) in [6.07, 6.45) is 3.43. The number of hydrogen-bond donors (Lipinski definition) is 1. The summed E-state index contributed by atoms with van der Waals surface area (Å²) in [5.41, 5.74) is 6.83. The largest absolute Gasteiger partial charge is 0.359 e. The molecule has 1 radical (unpaired) electrons. The molecule has 0 aromatic carbocycles. The lowest BCUT2D eigenvalue weighted by molar-refractivity contribution is -0.120. The van der Waals surface area contributed by atoms with Crippen molar-refractivity contribution in [3.05, 3.63) is 0 Å². The Hall–Kier alpha value is -0.570. The molecule has 0 heterocycles. The van der Waals surface area contributed by atoms with Gasteiger partial charge < -0.3 is 5.32 Å². The highest BCUT2D eigenvalue weighted by Gasteiger charge is 1.95. The van der Waals surface area contributed by atoms with E-state index < -0.39 is 0 Å². The number of hydrogen-bond acceptors (Lipinski definition) is 1. The molecule has 0 spiro atoms. The number of unbranched alkanes of at least 4 members (excludes halogenated alkanes) is 2. The van der Waals surface area contributed by atoms with Gasteiger partial charge in [0, 0.05) is 20.0 Å². The summed E-state index contributed by atoms with van der Waals surface area (Å²) < 4.78 is 0. The molecule has 0 rings (SSSR count). The van der Waals surface area contributed by atoms with Gasteiger partial charge in [0.15, 0.2) is 0 Å². The zero-order valence-corrected chi connectivity index (χ0v) is 6.44. The maximum absolute atomic E-state index is 10.6. The van der Waals surface area contributed by atoms with Crippen molar-refractivity contribution in [2.75, 3.05) is 13.6 Å². The third kappa shape index (κ3) is 5.56. The number of carbonyl (C=O) groups is 1. The molecule has 0 unspecified atom stereocenters. The van der Waals surface area contributed by atoms with Gasteiger partial charge in [0.1, 0.15) is 0 Å². The van der Waals surface area contributed by atoms with E-state index in [-0.39, 0.29) is 5.91 Å². The van der Waals surface area contributed by atoms with E-state index in [1.54, 1.807) is 7.05 Å². The lowest BCUT2D eigenvalue weighted by Gasteiger charge is -1.97. The van der Waals surface area contributed by atoms with E-state index in [1.807, 2.05) is 0 Å². The first-order valence-corrected chi connectivity index (χ1v) is 3.66. The van der Waals surface area contributed by atoms with Crippen LogP contribution in [0, 0.1) is 0 Å². The van der Waals surface area contributed by atoms with Gasteiger partial charge in [-0.3, -0.25) is 10.5 Å². The lowest BCUT2D eigenvalue weighted by Crippen LogP contribution is -2.16. The molecule has 0 atom stereocenters. The molecule has 2 N–H and O–H groups in total. The molecular formula is C7H15N2O. The molecule has 3 heteroatoms. The van der Waals surface area contributed by atoms with Crippen LogP contribution in [0.2, 0.25) is 0 Å². The van der Waals surface area contributed by atoms with E-state index in [2.05, 4.69) is 5.32 Å². The van der Waals surface area contributed by atoms with Crippen LogP contribution in [-0.4, -0.2) is 19.5 Å². The molecule has 0 saturated carbocycles. The molecule has 10 heavy (non-hydrogen) atoms. The molecule has 0 aliphatic carbocycles. The van der Waals surface area contributed by atoms with Gasteiger partial charge in [-0.15, -0.1) is 0 Å². The number of rotatable bonds is 5. The monoisotopic (exact) mass is 143 g/mol. The third-order valence-electron chi connectivity index (χ3n) is 1.36. The Morgan fingerprint density at radius 3 is 2.60 bits per heavy atom.